The van der Waals surface area contributed by atoms with Gasteiger partial charge in [-0.15, -0.1) is 0 Å². The second kappa shape index (κ2) is 11.8. The molecular weight excluding hydrogens is 606 g/mol. The first kappa shape index (κ1) is 33.1. The van der Waals surface area contributed by atoms with Crippen LogP contribution in [0.25, 0.3) is 0 Å². The number of pyridine rings is 1. The molecule has 1 aliphatic heterocycles. The van der Waals surface area contributed by atoms with E-state index in [9.17, 15) is 29.1 Å². The maximum absolute atomic E-state index is 13.7. The Labute approximate surface area is 264 Å². The van der Waals surface area contributed by atoms with Crippen LogP contribution in [-0.4, -0.2) is 87.8 Å². The molecule has 1 unspecified atom stereocenters. The summed E-state index contributed by atoms with van der Waals surface area (Å²) in [6.45, 7) is 7.64. The van der Waals surface area contributed by atoms with Gasteiger partial charge in [0.2, 0.25) is 5.76 Å². The molecule has 46 heavy (non-hydrogen) atoms. The van der Waals surface area contributed by atoms with Crippen molar-refractivity contribution in [3.05, 3.63) is 54.2 Å². The van der Waals surface area contributed by atoms with Gasteiger partial charge in [-0.05, 0) is 51.5 Å². The number of aliphatic hydroxyl groups is 1. The lowest BCUT2D eigenvalue weighted by Crippen LogP contribution is -2.83. The van der Waals surface area contributed by atoms with Gasteiger partial charge in [0.25, 0.3) is 0 Å². The molecule has 2 bridgehead atoms. The molecule has 1 saturated heterocycles. The van der Waals surface area contributed by atoms with Gasteiger partial charge in [0.15, 0.2) is 11.7 Å². The quantitative estimate of drug-likeness (QED) is 0.327. The topological polar surface area (TPSA) is 187 Å². The first-order valence-electron chi connectivity index (χ1n) is 14.8. The minimum atomic E-state index is -2.07. The largest absolute Gasteiger partial charge is 0.465 e. The molecule has 2 saturated carbocycles. The Bertz CT molecular complexity index is 1500. The van der Waals surface area contributed by atoms with Gasteiger partial charge in [0.05, 0.1) is 23.0 Å². The van der Waals surface area contributed by atoms with E-state index in [1.165, 1.54) is 56.8 Å². The molecule has 0 aromatic carbocycles. The fraction of sp³-hybridized carbons (Fsp3) is 0.562. The molecule has 2 aromatic rings. The number of hydrogen-bond donors (Lipinski definition) is 1. The Balaban J connectivity index is 1.81. The van der Waals surface area contributed by atoms with Crippen LogP contribution >= 0.6 is 0 Å². The van der Waals surface area contributed by atoms with Crippen molar-refractivity contribution in [2.24, 2.45) is 11.3 Å². The van der Waals surface area contributed by atoms with Gasteiger partial charge >= 0.3 is 29.8 Å². The van der Waals surface area contributed by atoms with Crippen molar-refractivity contribution in [1.29, 1.82) is 0 Å². The number of esters is 5. The van der Waals surface area contributed by atoms with Crippen molar-refractivity contribution >= 4 is 29.8 Å². The number of fused-ring (bicyclic) bond motifs is 1. The van der Waals surface area contributed by atoms with Gasteiger partial charge in [-0.1, -0.05) is 0 Å². The van der Waals surface area contributed by atoms with Crippen LogP contribution in [0.1, 0.15) is 75.3 Å². The van der Waals surface area contributed by atoms with Gasteiger partial charge in [0.1, 0.15) is 30.3 Å². The number of furan rings is 1. The van der Waals surface area contributed by atoms with Gasteiger partial charge < -0.3 is 37.9 Å². The van der Waals surface area contributed by atoms with Crippen LogP contribution in [-0.2, 0) is 42.8 Å². The average molecular weight is 644 g/mol. The van der Waals surface area contributed by atoms with Crippen molar-refractivity contribution < 1.29 is 61.9 Å². The Morgan fingerprint density at radius 1 is 0.913 bits per heavy atom. The molecular formula is C32H37NO13. The number of rotatable bonds is 8. The lowest BCUT2D eigenvalue weighted by atomic mass is 9.46. The van der Waals surface area contributed by atoms with E-state index >= 15 is 0 Å². The third-order valence-electron chi connectivity index (χ3n) is 9.29. The monoisotopic (exact) mass is 643 g/mol. The van der Waals surface area contributed by atoms with Gasteiger partial charge in [-0.25, -0.2) is 9.59 Å². The van der Waals surface area contributed by atoms with E-state index in [1.54, 1.807) is 13.8 Å². The first-order chi connectivity index (χ1) is 21.6. The summed E-state index contributed by atoms with van der Waals surface area (Å²) < 4.78 is 41.7. The average Bonchev–Trinajstić information content (AvgIpc) is 3.56. The second-order valence-electron chi connectivity index (χ2n) is 12.7. The van der Waals surface area contributed by atoms with Gasteiger partial charge in [-0.2, -0.15) is 0 Å². The maximum atomic E-state index is 13.7. The predicted octanol–water partition coefficient (Wildman–Crippen LogP) is 2.56. The molecule has 5 rings (SSSR count). The highest BCUT2D eigenvalue weighted by molar-refractivity contribution is 5.89. The molecule has 8 atom stereocenters. The van der Waals surface area contributed by atoms with Gasteiger partial charge in [0, 0.05) is 45.5 Å². The Kier molecular flexibility index (Phi) is 8.49. The fourth-order valence-electron chi connectivity index (χ4n) is 7.69. The minimum absolute atomic E-state index is 0.0279. The molecule has 2 aromatic heterocycles. The number of aromatic nitrogens is 1. The summed E-state index contributed by atoms with van der Waals surface area (Å²) in [5.41, 5.74) is -7.29. The van der Waals surface area contributed by atoms with Crippen molar-refractivity contribution in [3.8, 4) is 0 Å². The highest BCUT2D eigenvalue weighted by Crippen LogP contribution is 2.69. The van der Waals surface area contributed by atoms with E-state index in [1.807, 2.05) is 0 Å². The second-order valence-corrected chi connectivity index (χ2v) is 12.7. The third kappa shape index (κ3) is 5.32. The van der Waals surface area contributed by atoms with Crippen LogP contribution in [0.2, 0.25) is 0 Å². The van der Waals surface area contributed by atoms with E-state index in [2.05, 4.69) is 4.98 Å². The summed E-state index contributed by atoms with van der Waals surface area (Å²) in [7, 11) is 0. The van der Waals surface area contributed by atoms with Gasteiger partial charge in [-0.3, -0.25) is 19.4 Å². The molecule has 2 aliphatic carbocycles. The van der Waals surface area contributed by atoms with E-state index in [0.29, 0.717) is 0 Å². The van der Waals surface area contributed by atoms with Crippen LogP contribution in [0.4, 0.5) is 0 Å². The zero-order valence-electron chi connectivity index (χ0n) is 26.3. The molecule has 14 heteroatoms. The Morgan fingerprint density at radius 2 is 1.63 bits per heavy atom. The fourth-order valence-corrected chi connectivity index (χ4v) is 7.69. The normalized spacial score (nSPS) is 34.0. The molecule has 3 fully saturated rings. The standard InChI is InChI=1S/C32H37NO13/c1-17(34)41-16-31-24(44-28(38)22-10-8-12-40-22)13-21-25(43-19(3)36)32(31,46-29(21,4)5)30(6,39)14-23(42-18(2)35)26(31)45-27(37)20-9-7-11-33-15-20/h7-12,15,21,23-26,39H,13-14,16H2,1-6H3/t21-,23+,24+,25?,26+,30+,31-,32+/m1/s1. The van der Waals surface area contributed by atoms with Crippen LogP contribution in [0, 0.1) is 11.3 Å². The summed E-state index contributed by atoms with van der Waals surface area (Å²) >= 11 is 0. The summed E-state index contributed by atoms with van der Waals surface area (Å²) in [5.74, 6) is -4.92. The van der Waals surface area contributed by atoms with Crippen molar-refractivity contribution in [2.75, 3.05) is 6.61 Å². The molecule has 14 nitrogen and oxygen atoms in total. The SMILES string of the molecule is CC(=O)OC[C@]12[C@@H](OC(=O)c3ccco3)C[C@@H]3C(OC(C)=O)[C@]1(OC3(C)C)[C@@](C)(O)C[C@H](OC(C)=O)[C@@H]2OC(=O)c1cccnc1. The van der Waals surface area contributed by atoms with Crippen molar-refractivity contribution in [3.63, 3.8) is 0 Å². The summed E-state index contributed by atoms with van der Waals surface area (Å²) in [5, 5.41) is 12.5. The van der Waals surface area contributed by atoms with E-state index in [-0.39, 0.29) is 24.2 Å². The molecule has 3 aliphatic rings. The number of carbonyl (C=O) groups is 5. The lowest BCUT2D eigenvalue weighted by Gasteiger charge is -2.65. The summed E-state index contributed by atoms with van der Waals surface area (Å²) in [4.78, 5) is 68.9. The third-order valence-corrected chi connectivity index (χ3v) is 9.29. The maximum Gasteiger partial charge on any atom is 0.374 e. The first-order valence-corrected chi connectivity index (χ1v) is 14.8. The van der Waals surface area contributed by atoms with Crippen LogP contribution in [0.3, 0.4) is 0 Å². The summed E-state index contributed by atoms with van der Waals surface area (Å²) in [6.07, 6.45) is -2.05. The highest BCUT2D eigenvalue weighted by atomic mass is 16.6. The molecule has 0 amide bonds. The smallest absolute Gasteiger partial charge is 0.374 e. The molecule has 248 valence electrons. The minimum Gasteiger partial charge on any atom is -0.465 e. The number of carbonyl (C=O) groups excluding carboxylic acids is 5. The zero-order valence-corrected chi connectivity index (χ0v) is 26.3. The summed E-state index contributed by atoms with van der Waals surface area (Å²) in [6, 6.07) is 5.84. The van der Waals surface area contributed by atoms with Crippen molar-refractivity contribution in [2.45, 2.75) is 95.6 Å². The Hall–Kier alpha value is -4.30. The predicted molar refractivity (Wildman–Crippen MR) is 153 cm³/mol. The number of ether oxygens (including phenoxy) is 6. The lowest BCUT2D eigenvalue weighted by molar-refractivity contribution is -0.354. The highest BCUT2D eigenvalue weighted by Gasteiger charge is 2.86. The molecule has 1 N–H and O–H groups in total. The molecule has 1 spiro atoms. The van der Waals surface area contributed by atoms with Crippen molar-refractivity contribution in [1.82, 2.24) is 4.98 Å². The van der Waals surface area contributed by atoms with Crippen LogP contribution in [0.15, 0.2) is 47.3 Å². The number of hydrogen-bond acceptors (Lipinski definition) is 14. The van der Waals surface area contributed by atoms with E-state index in [0.717, 1.165) is 13.8 Å². The van der Waals surface area contributed by atoms with Crippen LogP contribution < -0.4 is 0 Å². The van der Waals surface area contributed by atoms with E-state index in [4.69, 9.17) is 32.8 Å². The molecule has 3 heterocycles. The Morgan fingerprint density at radius 3 is 2.22 bits per heavy atom. The van der Waals surface area contributed by atoms with Crippen LogP contribution in [0.5, 0.6) is 0 Å². The molecule has 0 radical (unpaired) electrons. The number of nitrogens with zero attached hydrogens (tertiary/aromatic N) is 1. The zero-order chi connectivity index (χ0) is 33.7. The van der Waals surface area contributed by atoms with E-state index < -0.39 is 89.0 Å².